The van der Waals surface area contributed by atoms with Crippen LogP contribution >= 0.6 is 0 Å². The first-order valence-electron chi connectivity index (χ1n) is 38.4. The molecule has 2 aliphatic carbocycles. The van der Waals surface area contributed by atoms with E-state index in [1.165, 1.54) is 33.4 Å². The molecule has 1 unspecified atom stereocenters. The van der Waals surface area contributed by atoms with Crippen molar-refractivity contribution in [2.24, 2.45) is 0 Å². The summed E-state index contributed by atoms with van der Waals surface area (Å²) in [6.07, 6.45) is 0. The zero-order chi connectivity index (χ0) is 73.3. The van der Waals surface area contributed by atoms with Crippen LogP contribution < -0.4 is 9.47 Å². The van der Waals surface area contributed by atoms with E-state index in [2.05, 4.69) is 376 Å². The Morgan fingerprint density at radius 1 is 0.188 bits per heavy atom. The number of ether oxygens (including phenoxy) is 2. The number of para-hydroxylation sites is 2. The van der Waals surface area contributed by atoms with Gasteiger partial charge in [0.05, 0.1) is 33.3 Å². The topological polar surface area (TPSA) is 70.0 Å². The molecule has 2 spiro atoms. The quantitative estimate of drug-likeness (QED) is 0.158. The van der Waals surface area contributed by atoms with Crippen molar-refractivity contribution in [3.63, 3.8) is 0 Å². The molecule has 1 atom stereocenters. The Kier molecular flexibility index (Phi) is 13.3. The van der Waals surface area contributed by atoms with Crippen LogP contribution in [0.2, 0.25) is 0 Å². The minimum atomic E-state index is -0.805. The molecule has 0 N–H and O–H groups in total. The fourth-order valence-electron chi connectivity index (χ4n) is 19.4. The molecule has 0 bridgehead atoms. The summed E-state index contributed by atoms with van der Waals surface area (Å²) < 4.78 is 15.1. The third-order valence-corrected chi connectivity index (χ3v) is 24.4. The zero-order valence-electron chi connectivity index (χ0n) is 60.4. The molecule has 6 nitrogen and oxygen atoms in total. The number of benzene rings is 18. The molecule has 18 aromatic carbocycles. The number of rotatable bonds is 7. The average Bonchev–Trinajstić information content (AvgIpc) is 1.48. The molecule has 112 heavy (non-hydrogen) atoms. The van der Waals surface area contributed by atoms with Gasteiger partial charge in [-0.3, -0.25) is 0 Å². The fourth-order valence-corrected chi connectivity index (χ4v) is 19.4. The number of nitrogens with zero attached hydrogens (tertiary/aromatic N) is 4. The molecule has 518 valence electrons. The highest BCUT2D eigenvalue weighted by atomic mass is 16.5. The van der Waals surface area contributed by atoms with Crippen LogP contribution in [0.3, 0.4) is 0 Å². The summed E-state index contributed by atoms with van der Waals surface area (Å²) in [6, 6.07) is 137. The molecule has 6 heteroatoms. The first-order chi connectivity index (χ1) is 55.5. The summed E-state index contributed by atoms with van der Waals surface area (Å²) in [5, 5.41) is 10.6. The lowest BCUT2D eigenvalue weighted by molar-refractivity contribution is 0.447. The Balaban J connectivity index is 0.694. The van der Waals surface area contributed by atoms with Crippen molar-refractivity contribution in [1.29, 1.82) is 0 Å². The number of hydrogen-bond donors (Lipinski definition) is 0. The smallest absolute Gasteiger partial charge is 0.160 e. The lowest BCUT2D eigenvalue weighted by Gasteiger charge is -2.40. The molecule has 0 saturated heterocycles. The second kappa shape index (κ2) is 23.9. The second-order valence-electron chi connectivity index (χ2n) is 30.1. The van der Waals surface area contributed by atoms with Gasteiger partial charge in [-0.15, -0.1) is 0 Å². The van der Waals surface area contributed by atoms with Crippen molar-refractivity contribution >= 4 is 64.9 Å². The van der Waals surface area contributed by atoms with Crippen LogP contribution in [0, 0.1) is 0 Å². The van der Waals surface area contributed by atoms with Crippen LogP contribution in [-0.2, 0) is 10.8 Å². The molecular formula is C106H62N4O2. The molecule has 4 aliphatic rings. The largest absolute Gasteiger partial charge is 0.455 e. The monoisotopic (exact) mass is 1420 g/mol. The van der Waals surface area contributed by atoms with Crippen LogP contribution in [0.5, 0.6) is 23.0 Å². The predicted octanol–water partition coefficient (Wildman–Crippen LogP) is 26.8. The van der Waals surface area contributed by atoms with E-state index in [0.29, 0.717) is 11.6 Å². The summed E-state index contributed by atoms with van der Waals surface area (Å²) in [7, 11) is 0. The Bertz CT molecular complexity index is 7350. The third-order valence-electron chi connectivity index (χ3n) is 24.4. The van der Waals surface area contributed by atoms with Gasteiger partial charge in [0.1, 0.15) is 23.0 Å². The highest BCUT2D eigenvalue weighted by molar-refractivity contribution is 6.08. The zero-order valence-corrected chi connectivity index (χ0v) is 60.4. The molecule has 0 amide bonds. The maximum atomic E-state index is 7.74. The van der Waals surface area contributed by atoms with E-state index in [9.17, 15) is 0 Å². The van der Waals surface area contributed by atoms with Crippen LogP contribution in [0.4, 0.5) is 0 Å². The summed E-state index contributed by atoms with van der Waals surface area (Å²) in [6.45, 7) is 0. The Morgan fingerprint density at radius 3 is 1.10 bits per heavy atom. The molecule has 2 aliphatic heterocycles. The van der Waals surface area contributed by atoms with Crippen LogP contribution in [0.1, 0.15) is 44.5 Å². The highest BCUT2D eigenvalue weighted by Gasteiger charge is 2.54. The van der Waals surface area contributed by atoms with Gasteiger partial charge >= 0.3 is 0 Å². The van der Waals surface area contributed by atoms with E-state index in [1.807, 2.05) is 0 Å². The minimum absolute atomic E-state index is 0.632. The van der Waals surface area contributed by atoms with Gasteiger partial charge in [-0.25, -0.2) is 19.9 Å². The third kappa shape index (κ3) is 8.91. The molecule has 0 radical (unpaired) electrons. The first-order valence-corrected chi connectivity index (χ1v) is 38.4. The number of fused-ring (bicyclic) bond motifs is 28. The van der Waals surface area contributed by atoms with Crippen molar-refractivity contribution in [3.05, 3.63) is 421 Å². The van der Waals surface area contributed by atoms with E-state index in [4.69, 9.17) is 29.4 Å². The van der Waals surface area contributed by atoms with Crippen molar-refractivity contribution in [2.75, 3.05) is 0 Å². The first kappa shape index (κ1) is 62.3. The second-order valence-corrected chi connectivity index (χ2v) is 30.1. The van der Waals surface area contributed by atoms with Gasteiger partial charge in [0.2, 0.25) is 0 Å². The Morgan fingerprint density at radius 2 is 0.545 bits per heavy atom. The fraction of sp³-hybridized carbons (Fsp3) is 0.0189. The molecular weight excluding hydrogens is 1360 g/mol. The molecule has 20 aromatic rings. The van der Waals surface area contributed by atoms with Crippen molar-refractivity contribution in [1.82, 2.24) is 19.9 Å². The molecule has 24 rings (SSSR count). The summed E-state index contributed by atoms with van der Waals surface area (Å²) in [5.41, 5.74) is 26.2. The number of aromatic nitrogens is 4. The van der Waals surface area contributed by atoms with E-state index >= 15 is 0 Å². The van der Waals surface area contributed by atoms with Gasteiger partial charge in [-0.1, -0.05) is 352 Å². The molecule has 0 fully saturated rings. The Hall–Kier alpha value is -14.7. The van der Waals surface area contributed by atoms with Crippen molar-refractivity contribution in [2.45, 2.75) is 10.8 Å². The van der Waals surface area contributed by atoms with Crippen LogP contribution in [0.25, 0.3) is 166 Å². The normalized spacial score (nSPS) is 14.3. The molecule has 0 saturated carbocycles. The maximum Gasteiger partial charge on any atom is 0.160 e. The predicted molar refractivity (Wildman–Crippen MR) is 455 cm³/mol. The molecule has 4 heterocycles. The number of hydrogen-bond acceptors (Lipinski definition) is 6. The van der Waals surface area contributed by atoms with E-state index < -0.39 is 10.8 Å². The lowest BCUT2D eigenvalue weighted by Crippen LogP contribution is -2.32. The summed E-state index contributed by atoms with van der Waals surface area (Å²) in [5.74, 6) is 4.74. The van der Waals surface area contributed by atoms with Gasteiger partial charge in [-0.05, 0) is 118 Å². The van der Waals surface area contributed by atoms with Gasteiger partial charge in [0.15, 0.2) is 11.6 Å². The van der Waals surface area contributed by atoms with Gasteiger partial charge in [-0.2, -0.15) is 0 Å². The average molecular weight is 1420 g/mol. The lowest BCUT2D eigenvalue weighted by atomic mass is 9.65. The van der Waals surface area contributed by atoms with E-state index in [1.54, 1.807) is 0 Å². The highest BCUT2D eigenvalue weighted by Crippen LogP contribution is 2.67. The summed E-state index contributed by atoms with van der Waals surface area (Å²) in [4.78, 5) is 22.3. The van der Waals surface area contributed by atoms with Crippen molar-refractivity contribution in [3.8, 4) is 124 Å². The van der Waals surface area contributed by atoms with E-state index in [0.717, 1.165) is 188 Å². The van der Waals surface area contributed by atoms with Gasteiger partial charge in [0.25, 0.3) is 0 Å². The standard InChI is InChI=1S/C106H62N4O2/c1-3-20-63(21-4-1)65-38-43-71(44-39-65)96-82-32-15-18-37-95(82)107-104(108-96)75-53-55-90-86(62-75)81-31-14-17-36-88(81)106(90)93-58-50-69-26-9-12-29-79(69)101(93)112-102-84-60-73(47-42-70(84)51-59-94(102)106)76-33-19-34-83-97(109-103(110-98(76)83)72-45-40-66(41-46-72)64-22-5-2-6-23-64)74-52-54-89-85(61-74)80-30-13-16-35-87(80)105(89)91-56-48-67-24-7-10-27-77(67)99(91)111-100-78-28-11-8-25-68(78)49-57-92(100)105/h1-62H. The van der Waals surface area contributed by atoms with E-state index in [-0.39, 0.29) is 0 Å². The minimum Gasteiger partial charge on any atom is -0.455 e. The Labute approximate surface area is 645 Å². The maximum absolute atomic E-state index is 7.74. The molecule has 2 aromatic heterocycles. The SMILES string of the molecule is c1ccc(-c2ccc(-c3nc(-c4ccc5c(c4)-c4ccccc4C54c5ccc6ccccc6c5Oc5c4ccc4ccccc54)c4cccc(-c5ccc6ccc7c(c6c5)Oc5c(ccc6ccccc56)C75c6ccccc6-c6cc(-c7nc(-c8ccc(-c9ccccc9)cc8)c8ccccc8n7)ccc65)c4n3)cc2)cc1. The summed E-state index contributed by atoms with van der Waals surface area (Å²) >= 11 is 0. The van der Waals surface area contributed by atoms with Gasteiger partial charge < -0.3 is 9.47 Å². The van der Waals surface area contributed by atoms with Crippen LogP contribution in [-0.4, -0.2) is 19.9 Å². The van der Waals surface area contributed by atoms with Crippen LogP contribution in [0.15, 0.2) is 376 Å². The van der Waals surface area contributed by atoms with Crippen molar-refractivity contribution < 1.29 is 9.47 Å². The van der Waals surface area contributed by atoms with Gasteiger partial charge in [0, 0.05) is 82.4 Å².